The molecule has 194 valence electrons. The molecule has 2 aliphatic heterocycles. The second-order valence-electron chi connectivity index (χ2n) is 8.57. The molecule has 2 fully saturated rings. The van der Waals surface area contributed by atoms with Gasteiger partial charge in [-0.15, -0.1) is 0 Å². The highest BCUT2D eigenvalue weighted by Gasteiger charge is 2.35. The van der Waals surface area contributed by atoms with E-state index in [1.807, 2.05) is 0 Å². The van der Waals surface area contributed by atoms with Gasteiger partial charge >= 0.3 is 0 Å². The molecule has 3 aromatic rings. The lowest BCUT2D eigenvalue weighted by Gasteiger charge is -2.24. The van der Waals surface area contributed by atoms with E-state index in [4.69, 9.17) is 37.4 Å². The first-order valence-corrected chi connectivity index (χ1v) is 12.3. The van der Waals surface area contributed by atoms with Crippen LogP contribution in [0.1, 0.15) is 0 Å². The first-order chi connectivity index (χ1) is 17.9. The van der Waals surface area contributed by atoms with E-state index < -0.39 is 5.82 Å². The molecule has 12 heteroatoms. The van der Waals surface area contributed by atoms with Gasteiger partial charge in [-0.25, -0.2) is 14.4 Å². The maximum Gasteiger partial charge on any atom is 0.248 e. The quantitative estimate of drug-likeness (QED) is 0.331. The van der Waals surface area contributed by atoms with Crippen molar-refractivity contribution in [1.82, 2.24) is 14.9 Å². The Morgan fingerprint density at radius 2 is 1.95 bits per heavy atom. The van der Waals surface area contributed by atoms with Crippen LogP contribution >= 0.6 is 23.2 Å². The summed E-state index contributed by atoms with van der Waals surface area (Å²) >= 11 is 11.8. The number of aromatic nitrogens is 2. The number of anilines is 3. The third-order valence-electron chi connectivity index (χ3n) is 6.17. The molecule has 2 aliphatic rings. The van der Waals surface area contributed by atoms with Gasteiger partial charge in [-0.2, -0.15) is 0 Å². The molecule has 0 bridgehead atoms. The second-order valence-corrected chi connectivity index (χ2v) is 9.35. The summed E-state index contributed by atoms with van der Waals surface area (Å²) in [5.74, 6) is -0.305. The minimum absolute atomic E-state index is 0.0836. The van der Waals surface area contributed by atoms with E-state index in [-0.39, 0.29) is 33.8 Å². The highest BCUT2D eigenvalue weighted by Crippen LogP contribution is 2.35. The highest BCUT2D eigenvalue weighted by atomic mass is 35.5. The molecule has 0 radical (unpaired) electrons. The Balaban J connectivity index is 1.32. The third kappa shape index (κ3) is 5.63. The third-order valence-corrected chi connectivity index (χ3v) is 6.95. The van der Waals surface area contributed by atoms with Gasteiger partial charge in [0.15, 0.2) is 5.82 Å². The summed E-state index contributed by atoms with van der Waals surface area (Å²) in [6.07, 6.45) is 4.77. The number of nitrogens with zero attached hydrogens (tertiary/aromatic N) is 3. The summed E-state index contributed by atoms with van der Waals surface area (Å²) in [5, 5.41) is 6.20. The summed E-state index contributed by atoms with van der Waals surface area (Å²) in [7, 11) is 1.50. The largest absolute Gasteiger partial charge is 0.494 e. The average Bonchev–Trinajstić information content (AvgIpc) is 3.31. The maximum absolute atomic E-state index is 14.6. The Morgan fingerprint density at radius 3 is 2.68 bits per heavy atom. The van der Waals surface area contributed by atoms with E-state index in [0.29, 0.717) is 47.9 Å². The van der Waals surface area contributed by atoms with Crippen LogP contribution in [0.4, 0.5) is 21.6 Å². The molecule has 1 amide bonds. The normalized spacial score (nSPS) is 19.8. The molecule has 37 heavy (non-hydrogen) atoms. The van der Waals surface area contributed by atoms with Crippen molar-refractivity contribution in [1.29, 1.82) is 0 Å². The van der Waals surface area contributed by atoms with Crippen LogP contribution in [0.3, 0.4) is 0 Å². The van der Waals surface area contributed by atoms with Gasteiger partial charge in [0.2, 0.25) is 5.91 Å². The van der Waals surface area contributed by atoms with Gasteiger partial charge < -0.3 is 24.8 Å². The van der Waals surface area contributed by atoms with E-state index in [0.717, 1.165) is 13.1 Å². The molecule has 5 rings (SSSR count). The van der Waals surface area contributed by atoms with Crippen LogP contribution in [0.25, 0.3) is 10.9 Å². The molecular formula is C25H24Cl2FN5O4. The van der Waals surface area contributed by atoms with Crippen LogP contribution in [-0.2, 0) is 14.3 Å². The van der Waals surface area contributed by atoms with Crippen LogP contribution in [0.2, 0.25) is 10.0 Å². The summed E-state index contributed by atoms with van der Waals surface area (Å²) < 4.78 is 31.5. The molecule has 2 N–H and O–H groups in total. The molecular weight excluding hydrogens is 524 g/mol. The molecule has 0 saturated carbocycles. The average molecular weight is 548 g/mol. The van der Waals surface area contributed by atoms with Crippen LogP contribution < -0.4 is 15.4 Å². The predicted molar refractivity (Wildman–Crippen MR) is 139 cm³/mol. The van der Waals surface area contributed by atoms with Crippen molar-refractivity contribution in [2.24, 2.45) is 0 Å². The number of halogens is 3. The van der Waals surface area contributed by atoms with Gasteiger partial charge in [-0.05, 0) is 18.2 Å². The number of ether oxygens (including phenoxy) is 3. The standard InChI is InChI=1S/C25H24Cl2FN5O4/c1-35-19-10-17-14(25(30-13-29-17)32-16-5-4-15(26)23(27)24(16)28)9-18(19)31-22(34)3-2-6-33-11-20-21(12-33)37-8-7-36-20/h2-5,9-10,13,20-21H,6-8,11-12H2,1H3,(H,31,34)(H,29,30,32)/t20-,21+. The van der Waals surface area contributed by atoms with Crippen molar-refractivity contribution in [2.75, 3.05) is 50.6 Å². The Labute approximate surface area is 222 Å². The maximum atomic E-state index is 14.6. The van der Waals surface area contributed by atoms with Gasteiger partial charge in [-0.3, -0.25) is 9.69 Å². The molecule has 2 aromatic carbocycles. The number of carbonyl (C=O) groups excluding carboxylic acids is 1. The first-order valence-electron chi connectivity index (χ1n) is 11.6. The zero-order chi connectivity index (χ0) is 25.9. The fraction of sp³-hybridized carbons (Fsp3) is 0.320. The fourth-order valence-corrected chi connectivity index (χ4v) is 4.68. The van der Waals surface area contributed by atoms with Crippen LogP contribution in [-0.4, -0.2) is 72.9 Å². The van der Waals surface area contributed by atoms with E-state index in [9.17, 15) is 9.18 Å². The zero-order valence-corrected chi connectivity index (χ0v) is 21.4. The van der Waals surface area contributed by atoms with Crippen molar-refractivity contribution in [3.63, 3.8) is 0 Å². The monoisotopic (exact) mass is 547 g/mol. The van der Waals surface area contributed by atoms with Gasteiger partial charge in [-0.1, -0.05) is 29.3 Å². The molecule has 3 heterocycles. The molecule has 1 aromatic heterocycles. The Kier molecular flexibility index (Phi) is 7.73. The van der Waals surface area contributed by atoms with Gasteiger partial charge in [0, 0.05) is 37.2 Å². The molecule has 0 aliphatic carbocycles. The van der Waals surface area contributed by atoms with Crippen molar-refractivity contribution < 1.29 is 23.4 Å². The number of hydrogen-bond donors (Lipinski definition) is 2. The number of benzene rings is 2. The minimum atomic E-state index is -0.705. The molecule has 2 atom stereocenters. The summed E-state index contributed by atoms with van der Waals surface area (Å²) in [5.41, 5.74) is 1.03. The first kappa shape index (κ1) is 25.6. The topological polar surface area (TPSA) is 97.8 Å². The fourth-order valence-electron chi connectivity index (χ4n) is 4.37. The van der Waals surface area contributed by atoms with Crippen molar-refractivity contribution in [2.45, 2.75) is 12.2 Å². The Hall–Kier alpha value is -3.02. The number of likely N-dealkylation sites (tertiary alicyclic amines) is 1. The molecule has 9 nitrogen and oxygen atoms in total. The van der Waals surface area contributed by atoms with E-state index >= 15 is 0 Å². The lowest BCUT2D eigenvalue weighted by Crippen LogP contribution is -2.36. The van der Waals surface area contributed by atoms with Crippen LogP contribution in [0, 0.1) is 5.82 Å². The van der Waals surface area contributed by atoms with Gasteiger partial charge in [0.25, 0.3) is 0 Å². The summed E-state index contributed by atoms with van der Waals surface area (Å²) in [4.78, 5) is 23.4. The Morgan fingerprint density at radius 1 is 1.19 bits per heavy atom. The SMILES string of the molecule is COc1cc2ncnc(Nc3ccc(Cl)c(Cl)c3F)c2cc1NC(=O)C=CCN1C[C@@H]2OCCO[C@@H]2C1. The van der Waals surface area contributed by atoms with Crippen molar-refractivity contribution in [3.05, 3.63) is 58.6 Å². The van der Waals surface area contributed by atoms with Crippen LogP contribution in [0.15, 0.2) is 42.7 Å². The van der Waals surface area contributed by atoms with E-state index in [1.54, 1.807) is 18.2 Å². The van der Waals surface area contributed by atoms with Gasteiger partial charge in [0.1, 0.15) is 17.9 Å². The number of carbonyl (C=O) groups is 1. The van der Waals surface area contributed by atoms with E-state index in [1.165, 1.54) is 31.6 Å². The number of methoxy groups -OCH3 is 1. The van der Waals surface area contributed by atoms with Gasteiger partial charge in [0.05, 0.1) is 59.5 Å². The Bertz CT molecular complexity index is 1340. The molecule has 2 saturated heterocycles. The summed E-state index contributed by atoms with van der Waals surface area (Å²) in [6, 6.07) is 6.27. The number of nitrogens with one attached hydrogen (secondary N) is 2. The number of rotatable bonds is 7. The lowest BCUT2D eigenvalue weighted by molar-refractivity contribution is -0.116. The number of fused-ring (bicyclic) bond motifs is 2. The summed E-state index contributed by atoms with van der Waals surface area (Å²) in [6.45, 7) is 3.37. The predicted octanol–water partition coefficient (Wildman–Crippen LogP) is 4.42. The highest BCUT2D eigenvalue weighted by molar-refractivity contribution is 6.42. The zero-order valence-electron chi connectivity index (χ0n) is 19.8. The van der Waals surface area contributed by atoms with E-state index in [2.05, 4.69) is 25.5 Å². The van der Waals surface area contributed by atoms with Crippen molar-refractivity contribution in [3.8, 4) is 5.75 Å². The number of hydrogen-bond acceptors (Lipinski definition) is 8. The second kappa shape index (κ2) is 11.2. The molecule has 0 spiro atoms. The lowest BCUT2D eigenvalue weighted by atomic mass is 10.1. The smallest absolute Gasteiger partial charge is 0.248 e. The number of amides is 1. The van der Waals surface area contributed by atoms with Crippen molar-refractivity contribution >= 4 is 57.2 Å². The minimum Gasteiger partial charge on any atom is -0.494 e. The molecule has 0 unspecified atom stereocenters. The van der Waals surface area contributed by atoms with Crippen LogP contribution in [0.5, 0.6) is 5.75 Å².